The molecule has 5 nitrogen and oxygen atoms in total. The van der Waals surface area contributed by atoms with Gasteiger partial charge in [-0.25, -0.2) is 0 Å². The van der Waals surface area contributed by atoms with E-state index in [4.69, 9.17) is 11.6 Å². The van der Waals surface area contributed by atoms with E-state index in [-0.39, 0.29) is 12.0 Å². The second kappa shape index (κ2) is 10.7. The van der Waals surface area contributed by atoms with Gasteiger partial charge in [0.05, 0.1) is 0 Å². The number of aliphatic imine (C=N–C) groups is 1. The zero-order valence-corrected chi connectivity index (χ0v) is 17.7. The van der Waals surface area contributed by atoms with Crippen molar-refractivity contribution in [3.05, 3.63) is 34.9 Å². The predicted molar refractivity (Wildman–Crippen MR) is 116 cm³/mol. The molecule has 28 heavy (non-hydrogen) atoms. The predicted octanol–water partition coefficient (Wildman–Crippen LogP) is 3.62. The van der Waals surface area contributed by atoms with Crippen LogP contribution in [0.3, 0.4) is 0 Å². The highest BCUT2D eigenvalue weighted by atomic mass is 35.5. The summed E-state index contributed by atoms with van der Waals surface area (Å²) in [5, 5.41) is 7.70. The first-order chi connectivity index (χ1) is 13.7. The molecule has 1 saturated heterocycles. The Labute approximate surface area is 173 Å². The van der Waals surface area contributed by atoms with Gasteiger partial charge in [-0.05, 0) is 43.7 Å². The summed E-state index contributed by atoms with van der Waals surface area (Å²) in [5.41, 5.74) is 1.18. The number of likely N-dealkylation sites (tertiary alicyclic amines) is 1. The molecule has 154 valence electrons. The fraction of sp³-hybridized carbons (Fsp3) is 0.636. The van der Waals surface area contributed by atoms with Crippen LogP contribution in [0.15, 0.2) is 29.3 Å². The molecule has 1 aliphatic carbocycles. The van der Waals surface area contributed by atoms with Gasteiger partial charge in [0.25, 0.3) is 0 Å². The zero-order valence-electron chi connectivity index (χ0n) is 16.9. The molecule has 1 aromatic rings. The molecule has 0 aromatic heterocycles. The quantitative estimate of drug-likeness (QED) is 0.432. The number of carbonyl (C=O) groups excluding carboxylic acids is 1. The first kappa shape index (κ1) is 21.0. The molecule has 1 amide bonds. The van der Waals surface area contributed by atoms with Gasteiger partial charge in [0, 0.05) is 43.7 Å². The van der Waals surface area contributed by atoms with Crippen LogP contribution in [0.5, 0.6) is 0 Å². The van der Waals surface area contributed by atoms with Gasteiger partial charge in [0.2, 0.25) is 5.91 Å². The van der Waals surface area contributed by atoms with Crippen molar-refractivity contribution >= 4 is 23.5 Å². The van der Waals surface area contributed by atoms with E-state index in [0.717, 1.165) is 62.7 Å². The lowest BCUT2D eigenvalue weighted by Crippen LogP contribution is -2.45. The highest BCUT2D eigenvalue weighted by Gasteiger charge is 2.31. The Hall–Kier alpha value is -1.75. The molecule has 6 heteroatoms. The Morgan fingerprint density at radius 1 is 1.21 bits per heavy atom. The summed E-state index contributed by atoms with van der Waals surface area (Å²) in [4.78, 5) is 19.1. The van der Waals surface area contributed by atoms with Gasteiger partial charge in [0.1, 0.15) is 0 Å². The molecule has 2 N–H and O–H groups in total. The topological polar surface area (TPSA) is 56.7 Å². The number of nitrogens with zero attached hydrogens (tertiary/aromatic N) is 2. The van der Waals surface area contributed by atoms with Gasteiger partial charge < -0.3 is 15.5 Å². The summed E-state index contributed by atoms with van der Waals surface area (Å²) in [7, 11) is 1.79. The number of amides is 1. The molecule has 1 saturated carbocycles. The first-order valence-electron chi connectivity index (χ1n) is 10.7. The molecule has 3 rings (SSSR count). The van der Waals surface area contributed by atoms with Crippen LogP contribution in [0.2, 0.25) is 5.02 Å². The number of nitrogens with one attached hydrogen (secondary N) is 2. The number of carbonyl (C=O) groups is 1. The van der Waals surface area contributed by atoms with E-state index < -0.39 is 0 Å². The standard InChI is InChI=1S/C22H33ClN4O/c1-24-22(25-14-7-11-17-8-5-6-12-20(17)23)26-19-13-15-27(16-19)21(28)18-9-3-2-4-10-18/h5-6,8,12,18-19H,2-4,7,9-11,13-16H2,1H3,(H2,24,25,26). The van der Waals surface area contributed by atoms with Gasteiger partial charge in [0.15, 0.2) is 5.96 Å². The number of aryl methyl sites for hydroxylation is 1. The van der Waals surface area contributed by atoms with Crippen molar-refractivity contribution in [2.45, 2.75) is 57.4 Å². The summed E-state index contributed by atoms with van der Waals surface area (Å²) in [6, 6.07) is 8.27. The normalized spacial score (nSPS) is 21.0. The minimum absolute atomic E-state index is 0.259. The average Bonchev–Trinajstić information content (AvgIpc) is 3.20. The van der Waals surface area contributed by atoms with Gasteiger partial charge >= 0.3 is 0 Å². The molecule has 1 aliphatic heterocycles. The Kier molecular flexibility index (Phi) is 8.01. The fourth-order valence-corrected chi connectivity index (χ4v) is 4.49. The van der Waals surface area contributed by atoms with Crippen molar-refractivity contribution in [3.8, 4) is 0 Å². The largest absolute Gasteiger partial charge is 0.356 e. The van der Waals surface area contributed by atoms with Crippen molar-refractivity contribution in [2.75, 3.05) is 26.7 Å². The van der Waals surface area contributed by atoms with Gasteiger partial charge in [-0.15, -0.1) is 0 Å². The molecule has 2 fully saturated rings. The lowest BCUT2D eigenvalue weighted by Gasteiger charge is -2.26. The van der Waals surface area contributed by atoms with Crippen LogP contribution < -0.4 is 10.6 Å². The van der Waals surface area contributed by atoms with Crippen molar-refractivity contribution in [3.63, 3.8) is 0 Å². The number of hydrogen-bond donors (Lipinski definition) is 2. The number of halogens is 1. The molecule has 1 atom stereocenters. The maximum atomic E-state index is 12.7. The van der Waals surface area contributed by atoms with E-state index in [9.17, 15) is 4.79 Å². The molecular weight excluding hydrogens is 372 g/mol. The molecule has 0 bridgehead atoms. The van der Waals surface area contributed by atoms with Gasteiger partial charge in [-0.1, -0.05) is 49.1 Å². The SMILES string of the molecule is CN=C(NCCCc1ccccc1Cl)NC1CCN(C(=O)C2CCCCC2)C1. The van der Waals surface area contributed by atoms with Crippen LogP contribution in [0, 0.1) is 5.92 Å². The highest BCUT2D eigenvalue weighted by Crippen LogP contribution is 2.26. The number of rotatable bonds is 6. The van der Waals surface area contributed by atoms with Crippen LogP contribution in [0.4, 0.5) is 0 Å². The van der Waals surface area contributed by atoms with Crippen LogP contribution in [-0.4, -0.2) is 49.5 Å². The molecule has 0 radical (unpaired) electrons. The van der Waals surface area contributed by atoms with E-state index in [1.54, 1.807) is 7.05 Å². The zero-order chi connectivity index (χ0) is 19.8. The van der Waals surface area contributed by atoms with Crippen LogP contribution in [0.1, 0.15) is 50.5 Å². The third kappa shape index (κ3) is 5.87. The minimum Gasteiger partial charge on any atom is -0.356 e. The van der Waals surface area contributed by atoms with Gasteiger partial charge in [-0.2, -0.15) is 0 Å². The number of guanidine groups is 1. The van der Waals surface area contributed by atoms with E-state index >= 15 is 0 Å². The fourth-order valence-electron chi connectivity index (χ4n) is 4.26. The molecule has 0 spiro atoms. The maximum Gasteiger partial charge on any atom is 0.225 e. The third-order valence-corrected chi connectivity index (χ3v) is 6.26. The van der Waals surface area contributed by atoms with Gasteiger partial charge in [-0.3, -0.25) is 9.79 Å². The van der Waals surface area contributed by atoms with E-state index in [2.05, 4.69) is 26.6 Å². The van der Waals surface area contributed by atoms with Crippen molar-refractivity contribution in [1.82, 2.24) is 15.5 Å². The van der Waals surface area contributed by atoms with E-state index in [1.165, 1.54) is 24.8 Å². The molecule has 1 aromatic carbocycles. The monoisotopic (exact) mass is 404 g/mol. The van der Waals surface area contributed by atoms with E-state index in [1.807, 2.05) is 18.2 Å². The lowest BCUT2D eigenvalue weighted by atomic mass is 9.88. The average molecular weight is 405 g/mol. The first-order valence-corrected chi connectivity index (χ1v) is 11.0. The summed E-state index contributed by atoms with van der Waals surface area (Å²) in [6.45, 7) is 2.48. The Balaban J connectivity index is 1.38. The van der Waals surface area contributed by atoms with Crippen molar-refractivity contribution in [2.24, 2.45) is 10.9 Å². The van der Waals surface area contributed by atoms with Crippen LogP contribution in [0.25, 0.3) is 0 Å². The number of benzene rings is 1. The summed E-state index contributed by atoms with van der Waals surface area (Å²) >= 11 is 6.21. The second-order valence-electron chi connectivity index (χ2n) is 7.94. The van der Waals surface area contributed by atoms with E-state index in [0.29, 0.717) is 5.91 Å². The minimum atomic E-state index is 0.259. The summed E-state index contributed by atoms with van der Waals surface area (Å²) in [5.74, 6) is 1.44. The Morgan fingerprint density at radius 2 is 2.00 bits per heavy atom. The lowest BCUT2D eigenvalue weighted by molar-refractivity contribution is -0.135. The molecule has 2 aliphatic rings. The Morgan fingerprint density at radius 3 is 2.75 bits per heavy atom. The van der Waals surface area contributed by atoms with Crippen molar-refractivity contribution in [1.29, 1.82) is 0 Å². The summed E-state index contributed by atoms with van der Waals surface area (Å²) < 4.78 is 0. The second-order valence-corrected chi connectivity index (χ2v) is 8.35. The van der Waals surface area contributed by atoms with Crippen LogP contribution in [-0.2, 0) is 11.2 Å². The smallest absolute Gasteiger partial charge is 0.225 e. The third-order valence-electron chi connectivity index (χ3n) is 5.89. The summed E-state index contributed by atoms with van der Waals surface area (Å²) in [6.07, 6.45) is 8.75. The van der Waals surface area contributed by atoms with Crippen LogP contribution >= 0.6 is 11.6 Å². The highest BCUT2D eigenvalue weighted by molar-refractivity contribution is 6.31. The molecular formula is C22H33ClN4O. The molecule has 1 unspecified atom stereocenters. The van der Waals surface area contributed by atoms with Crippen molar-refractivity contribution < 1.29 is 4.79 Å². The number of hydrogen-bond acceptors (Lipinski definition) is 2. The Bertz CT molecular complexity index is 672. The molecule has 1 heterocycles. The maximum absolute atomic E-state index is 12.7.